The van der Waals surface area contributed by atoms with E-state index < -0.39 is 0 Å². The normalized spacial score (nSPS) is 11.3. The highest BCUT2D eigenvalue weighted by atomic mass is 15.1. The molecule has 72 valence electrons. The molecule has 0 saturated heterocycles. The molecule has 0 aromatic rings. The second-order valence-corrected chi connectivity index (χ2v) is 2.63. The summed E-state index contributed by atoms with van der Waals surface area (Å²) in [6.07, 6.45) is 9.71. The predicted molar refractivity (Wildman–Crippen MR) is 58.5 cm³/mol. The van der Waals surface area contributed by atoms with Crippen LogP contribution in [0, 0.1) is 0 Å². The third-order valence-electron chi connectivity index (χ3n) is 1.63. The smallest absolute Gasteiger partial charge is 0.0160 e. The van der Waals surface area contributed by atoms with Crippen LogP contribution in [0.1, 0.15) is 27.7 Å². The minimum absolute atomic E-state index is 0. The number of allylic oxidation sites excluding steroid dienone is 3. The Kier molecular flexibility index (Phi) is 12.2. The average molecular weight is 169 g/mol. The first-order valence-electron chi connectivity index (χ1n) is 4.26. The molecule has 0 N–H and O–H groups in total. The summed E-state index contributed by atoms with van der Waals surface area (Å²) < 4.78 is 0. The topological polar surface area (TPSA) is 3.24 Å². The third-order valence-corrected chi connectivity index (χ3v) is 1.63. The van der Waals surface area contributed by atoms with Crippen molar-refractivity contribution in [2.24, 2.45) is 0 Å². The molecule has 12 heavy (non-hydrogen) atoms. The van der Waals surface area contributed by atoms with Crippen LogP contribution in [0.25, 0.3) is 0 Å². The van der Waals surface area contributed by atoms with Crippen molar-refractivity contribution in [1.82, 2.24) is 4.90 Å². The van der Waals surface area contributed by atoms with Crippen molar-refractivity contribution in [2.75, 3.05) is 20.1 Å². The fourth-order valence-electron chi connectivity index (χ4n) is 0.694. The average Bonchev–Trinajstić information content (AvgIpc) is 2.04. The fourth-order valence-corrected chi connectivity index (χ4v) is 0.694. The molecule has 0 heterocycles. The van der Waals surface area contributed by atoms with Gasteiger partial charge in [-0.2, -0.15) is 0 Å². The minimum Gasteiger partial charge on any atom is -0.303 e. The van der Waals surface area contributed by atoms with Gasteiger partial charge in [-0.05, 0) is 26.9 Å². The molecule has 0 rings (SSSR count). The van der Waals surface area contributed by atoms with Crippen molar-refractivity contribution in [1.29, 1.82) is 0 Å². The summed E-state index contributed by atoms with van der Waals surface area (Å²) in [7, 11) is 2.12. The summed E-state index contributed by atoms with van der Waals surface area (Å²) in [6, 6.07) is 0. The van der Waals surface area contributed by atoms with Crippen LogP contribution in [0.5, 0.6) is 0 Å². The Hall–Kier alpha value is -0.560. The van der Waals surface area contributed by atoms with Gasteiger partial charge in [-0.15, -0.1) is 0 Å². The molecule has 0 amide bonds. The monoisotopic (exact) mass is 169 g/mol. The first-order valence-corrected chi connectivity index (χ1v) is 4.26. The van der Waals surface area contributed by atoms with Crippen molar-refractivity contribution in [2.45, 2.75) is 27.7 Å². The molecule has 1 heteroatoms. The Balaban J connectivity index is 0. The summed E-state index contributed by atoms with van der Waals surface area (Å²) in [5.74, 6) is 0. The third kappa shape index (κ3) is 9.44. The highest BCUT2D eigenvalue weighted by Crippen LogP contribution is 1.87. The molecule has 0 unspecified atom stereocenters. The molecule has 0 aliphatic carbocycles. The second kappa shape index (κ2) is 10.4. The summed E-state index contributed by atoms with van der Waals surface area (Å²) in [4.78, 5) is 2.27. The lowest BCUT2D eigenvalue weighted by atomic mass is 10.3. The van der Waals surface area contributed by atoms with Crippen LogP contribution in [0.2, 0.25) is 0 Å². The number of hydrogen-bond acceptors (Lipinski definition) is 1. The highest BCUT2D eigenvalue weighted by molar-refractivity contribution is 4.92. The molecule has 0 fully saturated rings. The SMILES string of the molecule is C.CC=CCC=CCN(C)CC. The van der Waals surface area contributed by atoms with Gasteiger partial charge in [0.2, 0.25) is 0 Å². The molecule has 0 saturated carbocycles. The van der Waals surface area contributed by atoms with Crippen LogP contribution in [-0.4, -0.2) is 25.0 Å². The van der Waals surface area contributed by atoms with Gasteiger partial charge in [-0.3, -0.25) is 0 Å². The second-order valence-electron chi connectivity index (χ2n) is 2.63. The highest BCUT2D eigenvalue weighted by Gasteiger charge is 1.85. The molecule has 0 aromatic carbocycles. The van der Waals surface area contributed by atoms with E-state index in [1.165, 1.54) is 0 Å². The summed E-state index contributed by atoms with van der Waals surface area (Å²) >= 11 is 0. The predicted octanol–water partition coefficient (Wildman–Crippen LogP) is 3.10. The standard InChI is InChI=1S/C10H19N.CH4/c1-4-6-7-8-9-10-11(3)5-2;/h4,6,8-9H,5,7,10H2,1-3H3;1H4. The first-order chi connectivity index (χ1) is 5.31. The van der Waals surface area contributed by atoms with Crippen molar-refractivity contribution < 1.29 is 0 Å². The van der Waals surface area contributed by atoms with Crippen molar-refractivity contribution in [3.05, 3.63) is 24.3 Å². The first kappa shape index (κ1) is 14.0. The lowest BCUT2D eigenvalue weighted by Crippen LogP contribution is -2.16. The van der Waals surface area contributed by atoms with E-state index in [9.17, 15) is 0 Å². The summed E-state index contributed by atoms with van der Waals surface area (Å²) in [5.41, 5.74) is 0. The Labute approximate surface area is 77.8 Å². The summed E-state index contributed by atoms with van der Waals surface area (Å²) in [5, 5.41) is 0. The van der Waals surface area contributed by atoms with Gasteiger partial charge >= 0.3 is 0 Å². The van der Waals surface area contributed by atoms with Gasteiger partial charge in [0.1, 0.15) is 0 Å². The number of likely N-dealkylation sites (N-methyl/N-ethyl adjacent to an activating group) is 1. The van der Waals surface area contributed by atoms with Crippen molar-refractivity contribution in [3.63, 3.8) is 0 Å². The van der Waals surface area contributed by atoms with Crippen LogP contribution in [0.15, 0.2) is 24.3 Å². The van der Waals surface area contributed by atoms with E-state index in [1.807, 2.05) is 6.92 Å². The van der Waals surface area contributed by atoms with Gasteiger partial charge in [0.25, 0.3) is 0 Å². The molecule has 0 aromatic heterocycles. The van der Waals surface area contributed by atoms with Gasteiger partial charge in [-0.25, -0.2) is 0 Å². The van der Waals surface area contributed by atoms with E-state index in [-0.39, 0.29) is 7.43 Å². The summed E-state index contributed by atoms with van der Waals surface area (Å²) in [6.45, 7) is 6.40. The van der Waals surface area contributed by atoms with Gasteiger partial charge in [-0.1, -0.05) is 38.7 Å². The molecule has 0 aliphatic rings. The van der Waals surface area contributed by atoms with E-state index in [0.717, 1.165) is 19.5 Å². The molecule has 1 nitrogen and oxygen atoms in total. The Morgan fingerprint density at radius 3 is 2.33 bits per heavy atom. The number of rotatable bonds is 5. The van der Waals surface area contributed by atoms with E-state index >= 15 is 0 Å². The minimum atomic E-state index is 0. The molecule has 0 bridgehead atoms. The van der Waals surface area contributed by atoms with Gasteiger partial charge in [0.05, 0.1) is 0 Å². The lowest BCUT2D eigenvalue weighted by molar-refractivity contribution is 0.392. The Morgan fingerprint density at radius 2 is 1.83 bits per heavy atom. The molecule has 0 atom stereocenters. The van der Waals surface area contributed by atoms with Crippen LogP contribution >= 0.6 is 0 Å². The van der Waals surface area contributed by atoms with Gasteiger partial charge in [0, 0.05) is 6.54 Å². The van der Waals surface area contributed by atoms with E-state index in [1.54, 1.807) is 0 Å². The van der Waals surface area contributed by atoms with E-state index in [4.69, 9.17) is 0 Å². The zero-order chi connectivity index (χ0) is 8.53. The van der Waals surface area contributed by atoms with Crippen molar-refractivity contribution in [3.8, 4) is 0 Å². The zero-order valence-electron chi connectivity index (χ0n) is 7.88. The van der Waals surface area contributed by atoms with Gasteiger partial charge in [0.15, 0.2) is 0 Å². The molecule has 0 spiro atoms. The molecular weight excluding hydrogens is 146 g/mol. The van der Waals surface area contributed by atoms with Crippen LogP contribution in [-0.2, 0) is 0 Å². The largest absolute Gasteiger partial charge is 0.303 e. The van der Waals surface area contributed by atoms with E-state index in [2.05, 4.69) is 43.2 Å². The van der Waals surface area contributed by atoms with Crippen LogP contribution in [0.4, 0.5) is 0 Å². The lowest BCUT2D eigenvalue weighted by Gasteiger charge is -2.08. The van der Waals surface area contributed by atoms with E-state index in [0.29, 0.717) is 0 Å². The fraction of sp³-hybridized carbons (Fsp3) is 0.636. The van der Waals surface area contributed by atoms with Gasteiger partial charge < -0.3 is 4.90 Å². The van der Waals surface area contributed by atoms with Crippen LogP contribution < -0.4 is 0 Å². The molecule has 0 aliphatic heterocycles. The molecule has 0 radical (unpaired) electrons. The number of nitrogens with zero attached hydrogens (tertiary/aromatic N) is 1. The zero-order valence-corrected chi connectivity index (χ0v) is 7.88. The van der Waals surface area contributed by atoms with Crippen molar-refractivity contribution >= 4 is 0 Å². The maximum absolute atomic E-state index is 2.27. The number of hydrogen-bond donors (Lipinski definition) is 0. The quantitative estimate of drug-likeness (QED) is 0.572. The molecular formula is C11H23N. The maximum atomic E-state index is 2.27. The maximum Gasteiger partial charge on any atom is 0.0160 e. The Morgan fingerprint density at radius 1 is 1.17 bits per heavy atom. The Bertz CT molecular complexity index is 125. The van der Waals surface area contributed by atoms with Crippen LogP contribution in [0.3, 0.4) is 0 Å².